The molecule has 0 amide bonds. The highest BCUT2D eigenvalue weighted by atomic mass is 16.6. The van der Waals surface area contributed by atoms with Crippen molar-refractivity contribution < 1.29 is 24.8 Å². The molecule has 0 spiro atoms. The Bertz CT molecular complexity index is 763. The summed E-state index contributed by atoms with van der Waals surface area (Å²) in [5.74, 6) is 0.713. The maximum Gasteiger partial charge on any atom is 0.210 e. The van der Waals surface area contributed by atoms with Crippen LogP contribution in [0.25, 0.3) is 11.2 Å². The fraction of sp³-hybridized carbons (Fsp3) is 0.643. The van der Waals surface area contributed by atoms with Crippen LogP contribution in [0, 0.1) is 0 Å². The monoisotopic (exact) mass is 352 g/mol. The van der Waals surface area contributed by atoms with Gasteiger partial charge in [-0.3, -0.25) is 4.57 Å². The summed E-state index contributed by atoms with van der Waals surface area (Å²) in [6, 6.07) is 0. The second kappa shape index (κ2) is 6.35. The lowest BCUT2D eigenvalue weighted by molar-refractivity contribution is -0.0506. The van der Waals surface area contributed by atoms with Gasteiger partial charge in [0.05, 0.1) is 19.8 Å². The number of nitrogens with zero attached hydrogens (tertiary/aromatic N) is 5. The van der Waals surface area contributed by atoms with E-state index in [-0.39, 0.29) is 5.82 Å². The van der Waals surface area contributed by atoms with Crippen LogP contribution in [0.1, 0.15) is 6.23 Å². The zero-order valence-corrected chi connectivity index (χ0v) is 13.4. The van der Waals surface area contributed by atoms with E-state index < -0.39 is 31.1 Å². The van der Waals surface area contributed by atoms with Crippen molar-refractivity contribution >= 4 is 22.9 Å². The van der Waals surface area contributed by atoms with E-state index in [0.717, 1.165) is 0 Å². The summed E-state index contributed by atoms with van der Waals surface area (Å²) < 4.78 is 12.6. The number of imidazole rings is 1. The minimum Gasteiger partial charge on any atom is -0.394 e. The third-order valence-electron chi connectivity index (χ3n) is 4.55. The van der Waals surface area contributed by atoms with Gasteiger partial charge in [-0.15, -0.1) is 0 Å². The van der Waals surface area contributed by atoms with Crippen LogP contribution >= 0.6 is 0 Å². The Morgan fingerprint density at radius 3 is 2.64 bits per heavy atom. The molecule has 11 nitrogen and oxygen atoms in total. The minimum atomic E-state index is -1.24. The Morgan fingerprint density at radius 1 is 1.20 bits per heavy atom. The number of aromatic nitrogens is 4. The van der Waals surface area contributed by atoms with Crippen molar-refractivity contribution in [2.45, 2.75) is 24.5 Å². The Balaban J connectivity index is 1.84. The molecule has 136 valence electrons. The van der Waals surface area contributed by atoms with Gasteiger partial charge in [0.15, 0.2) is 23.2 Å². The first-order valence-electron chi connectivity index (χ1n) is 8.05. The zero-order chi connectivity index (χ0) is 17.6. The fourth-order valence-electron chi connectivity index (χ4n) is 3.23. The molecule has 0 saturated carbocycles. The van der Waals surface area contributed by atoms with Gasteiger partial charge < -0.3 is 35.4 Å². The minimum absolute atomic E-state index is 0.213. The highest BCUT2D eigenvalue weighted by molar-refractivity contribution is 5.84. The van der Waals surface area contributed by atoms with E-state index in [1.807, 2.05) is 4.90 Å². The number of nitrogens with two attached hydrogens (primary N) is 1. The number of hydrogen-bond donors (Lipinski definition) is 4. The van der Waals surface area contributed by atoms with E-state index in [4.69, 9.17) is 15.2 Å². The largest absolute Gasteiger partial charge is 0.394 e. The van der Waals surface area contributed by atoms with Crippen LogP contribution in [0.4, 0.5) is 11.8 Å². The number of rotatable bonds is 3. The summed E-state index contributed by atoms with van der Waals surface area (Å²) in [7, 11) is 0. The third kappa shape index (κ3) is 2.60. The van der Waals surface area contributed by atoms with Crippen LogP contribution in [0.15, 0.2) is 6.33 Å². The van der Waals surface area contributed by atoms with E-state index >= 15 is 0 Å². The zero-order valence-electron chi connectivity index (χ0n) is 13.4. The van der Waals surface area contributed by atoms with Crippen LogP contribution in [-0.2, 0) is 9.47 Å². The molecule has 4 rings (SSSR count). The standard InChI is InChI=1S/C14H20N6O5/c15-11-8-12(17-6-16-11)20(13-10(23)9(22)7(5-21)25-13)14(18-8)19-1-3-24-4-2-19/h6-7,9-10,13,21-23H,1-5H2,(H2,15,16,17)/t7-,9+,10-,13-/m0/s1. The van der Waals surface area contributed by atoms with Crippen LogP contribution in [0.2, 0.25) is 0 Å². The molecule has 0 radical (unpaired) electrons. The number of ether oxygens (including phenoxy) is 2. The van der Waals surface area contributed by atoms with Gasteiger partial charge in [0.1, 0.15) is 24.6 Å². The molecule has 25 heavy (non-hydrogen) atoms. The van der Waals surface area contributed by atoms with Crippen molar-refractivity contribution in [3.05, 3.63) is 6.33 Å². The summed E-state index contributed by atoms with van der Waals surface area (Å²) in [5.41, 5.74) is 6.70. The Labute approximate surface area is 142 Å². The smallest absolute Gasteiger partial charge is 0.210 e. The molecule has 4 heterocycles. The molecule has 0 aromatic carbocycles. The molecule has 0 aliphatic carbocycles. The van der Waals surface area contributed by atoms with Crippen LogP contribution < -0.4 is 10.6 Å². The van der Waals surface area contributed by atoms with Gasteiger partial charge in [-0.1, -0.05) is 0 Å². The number of hydrogen-bond acceptors (Lipinski definition) is 10. The van der Waals surface area contributed by atoms with Gasteiger partial charge in [-0.2, -0.15) is 0 Å². The average molecular weight is 352 g/mol. The molecular weight excluding hydrogens is 332 g/mol. The summed E-state index contributed by atoms with van der Waals surface area (Å²) in [5, 5.41) is 29.9. The molecule has 5 N–H and O–H groups in total. The Morgan fingerprint density at radius 2 is 1.96 bits per heavy atom. The van der Waals surface area contributed by atoms with E-state index in [1.165, 1.54) is 6.33 Å². The van der Waals surface area contributed by atoms with Crippen molar-refractivity contribution in [1.29, 1.82) is 0 Å². The molecule has 2 saturated heterocycles. The van der Waals surface area contributed by atoms with Crippen molar-refractivity contribution in [2.24, 2.45) is 0 Å². The number of anilines is 2. The average Bonchev–Trinajstić information content (AvgIpc) is 3.15. The van der Waals surface area contributed by atoms with Gasteiger partial charge in [0.2, 0.25) is 5.95 Å². The topological polar surface area (TPSA) is 152 Å². The van der Waals surface area contributed by atoms with E-state index in [1.54, 1.807) is 4.57 Å². The predicted octanol–water partition coefficient (Wildman–Crippen LogP) is -2.14. The predicted molar refractivity (Wildman–Crippen MR) is 85.8 cm³/mol. The van der Waals surface area contributed by atoms with Gasteiger partial charge in [0, 0.05) is 13.1 Å². The number of morpholine rings is 1. The molecular formula is C14H20N6O5. The Kier molecular flexibility index (Phi) is 4.17. The molecule has 2 aromatic rings. The second-order valence-electron chi connectivity index (χ2n) is 6.04. The third-order valence-corrected chi connectivity index (χ3v) is 4.55. The normalized spacial score (nSPS) is 30.3. The van der Waals surface area contributed by atoms with Crippen LogP contribution in [-0.4, -0.2) is 86.1 Å². The van der Waals surface area contributed by atoms with Gasteiger partial charge in [-0.25, -0.2) is 15.0 Å². The molecule has 2 aliphatic heterocycles. The Hall–Kier alpha value is -2.05. The van der Waals surface area contributed by atoms with Gasteiger partial charge in [-0.05, 0) is 0 Å². The maximum atomic E-state index is 10.4. The van der Waals surface area contributed by atoms with Gasteiger partial charge in [0.25, 0.3) is 0 Å². The molecule has 0 unspecified atom stereocenters. The van der Waals surface area contributed by atoms with Gasteiger partial charge >= 0.3 is 0 Å². The first-order valence-corrected chi connectivity index (χ1v) is 8.05. The summed E-state index contributed by atoms with van der Waals surface area (Å²) in [4.78, 5) is 14.7. The van der Waals surface area contributed by atoms with Crippen molar-refractivity contribution in [3.63, 3.8) is 0 Å². The van der Waals surface area contributed by atoms with Crippen molar-refractivity contribution in [2.75, 3.05) is 43.5 Å². The van der Waals surface area contributed by atoms with Crippen LogP contribution in [0.5, 0.6) is 0 Å². The fourth-order valence-corrected chi connectivity index (χ4v) is 3.23. The number of nitrogen functional groups attached to an aromatic ring is 1. The van der Waals surface area contributed by atoms with E-state index in [9.17, 15) is 15.3 Å². The molecule has 4 atom stereocenters. The molecule has 2 aromatic heterocycles. The first kappa shape index (κ1) is 16.4. The molecule has 11 heteroatoms. The van der Waals surface area contributed by atoms with Crippen molar-refractivity contribution in [1.82, 2.24) is 19.5 Å². The summed E-state index contributed by atoms with van der Waals surface area (Å²) >= 11 is 0. The lowest BCUT2D eigenvalue weighted by Gasteiger charge is -2.30. The van der Waals surface area contributed by atoms with E-state index in [2.05, 4.69) is 15.0 Å². The highest BCUT2D eigenvalue weighted by Crippen LogP contribution is 2.36. The van der Waals surface area contributed by atoms with Crippen molar-refractivity contribution in [3.8, 4) is 0 Å². The lowest BCUT2D eigenvalue weighted by Crippen LogP contribution is -2.39. The maximum absolute atomic E-state index is 10.4. The highest BCUT2D eigenvalue weighted by Gasteiger charge is 2.45. The first-order chi connectivity index (χ1) is 12.1. The number of fused-ring (bicyclic) bond motifs is 1. The lowest BCUT2D eigenvalue weighted by atomic mass is 10.1. The number of aliphatic hydroxyl groups excluding tert-OH is 3. The van der Waals surface area contributed by atoms with E-state index in [0.29, 0.717) is 43.4 Å². The molecule has 2 aliphatic rings. The summed E-state index contributed by atoms with van der Waals surface area (Å²) in [6.07, 6.45) is -3.01. The second-order valence-corrected chi connectivity index (χ2v) is 6.04. The molecule has 2 fully saturated rings. The SMILES string of the molecule is Nc1ncnc2c1nc(N1CCOCC1)n2[C@H]1O[C@@H](CO)[C@@H](O)[C@@H]1O. The summed E-state index contributed by atoms with van der Waals surface area (Å²) in [6.45, 7) is 1.88. The number of aliphatic hydroxyl groups is 3. The quantitative estimate of drug-likeness (QED) is 0.481. The molecule has 0 bridgehead atoms. The van der Waals surface area contributed by atoms with Crippen LogP contribution in [0.3, 0.4) is 0 Å².